The van der Waals surface area contributed by atoms with Crippen molar-refractivity contribution in [3.05, 3.63) is 42.9 Å². The van der Waals surface area contributed by atoms with Crippen molar-refractivity contribution in [1.82, 2.24) is 20.1 Å². The lowest BCUT2D eigenvalue weighted by atomic mass is 9.92. The standard InChI is InChI=1S/C20H21F2N5O/c21-5-8-27-6-3-20(22,4-7-27)19(28)26-18-10-16-9-14(17-12-24-25-13-17)1-2-15(16)11-23-18/h1-2,9-13H,3-8H2,(H,24,25)(H,23,26,28). The van der Waals surface area contributed by atoms with Gasteiger partial charge in [-0.2, -0.15) is 5.10 Å². The lowest BCUT2D eigenvalue weighted by Crippen LogP contribution is -2.49. The number of aromatic nitrogens is 3. The van der Waals surface area contributed by atoms with Gasteiger partial charge in [-0.3, -0.25) is 9.89 Å². The summed E-state index contributed by atoms with van der Waals surface area (Å²) in [6, 6.07) is 7.61. The number of pyridine rings is 1. The molecule has 0 aliphatic carbocycles. The quantitative estimate of drug-likeness (QED) is 0.707. The second-order valence-electron chi connectivity index (χ2n) is 7.07. The van der Waals surface area contributed by atoms with Gasteiger partial charge in [-0.25, -0.2) is 13.8 Å². The molecule has 0 saturated carbocycles. The van der Waals surface area contributed by atoms with Gasteiger partial charge in [0.2, 0.25) is 0 Å². The van der Waals surface area contributed by atoms with E-state index >= 15 is 4.39 Å². The predicted molar refractivity (Wildman–Crippen MR) is 103 cm³/mol. The SMILES string of the molecule is O=C(Nc1cc2cc(-c3cn[nH]c3)ccc2cn1)C1(F)CCN(CCF)CC1. The summed E-state index contributed by atoms with van der Waals surface area (Å²) < 4.78 is 27.5. The third kappa shape index (κ3) is 3.73. The predicted octanol–water partition coefficient (Wildman–Crippen LogP) is 3.34. The average molecular weight is 385 g/mol. The number of benzene rings is 1. The molecule has 0 unspecified atom stereocenters. The zero-order valence-corrected chi connectivity index (χ0v) is 15.3. The molecule has 0 radical (unpaired) electrons. The first-order valence-corrected chi connectivity index (χ1v) is 9.25. The van der Waals surface area contributed by atoms with E-state index in [1.54, 1.807) is 24.7 Å². The molecule has 2 N–H and O–H groups in total. The summed E-state index contributed by atoms with van der Waals surface area (Å²) in [5, 5.41) is 11.1. The van der Waals surface area contributed by atoms with Crippen LogP contribution in [-0.2, 0) is 4.79 Å². The van der Waals surface area contributed by atoms with Crippen LogP contribution < -0.4 is 5.32 Å². The molecule has 3 heterocycles. The Morgan fingerprint density at radius 3 is 2.71 bits per heavy atom. The van der Waals surface area contributed by atoms with E-state index in [0.717, 1.165) is 21.9 Å². The number of fused-ring (bicyclic) bond motifs is 1. The molecule has 2 aromatic heterocycles. The Morgan fingerprint density at radius 2 is 2.00 bits per heavy atom. The highest BCUT2D eigenvalue weighted by Crippen LogP contribution is 2.29. The van der Waals surface area contributed by atoms with Crippen molar-refractivity contribution in [1.29, 1.82) is 0 Å². The first-order valence-electron chi connectivity index (χ1n) is 9.25. The van der Waals surface area contributed by atoms with Gasteiger partial charge in [-0.1, -0.05) is 12.1 Å². The molecule has 1 aliphatic heterocycles. The number of H-pyrrole nitrogens is 1. The number of nitrogens with one attached hydrogen (secondary N) is 2. The van der Waals surface area contributed by atoms with Gasteiger partial charge >= 0.3 is 0 Å². The van der Waals surface area contributed by atoms with Crippen molar-refractivity contribution in [3.8, 4) is 11.1 Å². The van der Waals surface area contributed by atoms with Crippen LogP contribution in [0.1, 0.15) is 12.8 Å². The zero-order valence-electron chi connectivity index (χ0n) is 15.3. The molecule has 0 atom stereocenters. The molecule has 146 valence electrons. The number of carbonyl (C=O) groups excluding carboxylic acids is 1. The molecule has 1 aliphatic rings. The van der Waals surface area contributed by atoms with Crippen LogP contribution in [0.4, 0.5) is 14.6 Å². The van der Waals surface area contributed by atoms with Crippen LogP contribution in [-0.4, -0.2) is 58.0 Å². The van der Waals surface area contributed by atoms with Crippen LogP contribution >= 0.6 is 0 Å². The highest BCUT2D eigenvalue weighted by atomic mass is 19.1. The number of rotatable bonds is 5. The number of carbonyl (C=O) groups is 1. The maximum absolute atomic E-state index is 15.1. The topological polar surface area (TPSA) is 73.9 Å². The lowest BCUT2D eigenvalue weighted by Gasteiger charge is -2.34. The summed E-state index contributed by atoms with van der Waals surface area (Å²) in [5.41, 5.74) is -0.0267. The maximum atomic E-state index is 15.1. The Hall–Kier alpha value is -2.87. The van der Waals surface area contributed by atoms with Gasteiger partial charge in [0, 0.05) is 55.8 Å². The fourth-order valence-electron chi connectivity index (χ4n) is 3.50. The Labute approximate surface area is 161 Å². The van der Waals surface area contributed by atoms with Gasteiger partial charge in [-0.15, -0.1) is 0 Å². The van der Waals surface area contributed by atoms with Crippen LogP contribution in [0.5, 0.6) is 0 Å². The Kier molecular flexibility index (Phi) is 5.04. The van der Waals surface area contributed by atoms with Crippen molar-refractivity contribution >= 4 is 22.5 Å². The molecule has 28 heavy (non-hydrogen) atoms. The summed E-state index contributed by atoms with van der Waals surface area (Å²) in [6.45, 7) is 0.552. The van der Waals surface area contributed by atoms with Gasteiger partial charge in [0.25, 0.3) is 5.91 Å². The highest BCUT2D eigenvalue weighted by Gasteiger charge is 2.41. The smallest absolute Gasteiger partial charge is 0.263 e. The summed E-state index contributed by atoms with van der Waals surface area (Å²) in [7, 11) is 0. The number of hydrogen-bond acceptors (Lipinski definition) is 4. The van der Waals surface area contributed by atoms with E-state index < -0.39 is 18.3 Å². The van der Waals surface area contributed by atoms with Gasteiger partial charge in [0.1, 0.15) is 12.5 Å². The maximum Gasteiger partial charge on any atom is 0.263 e. The molecule has 1 saturated heterocycles. The summed E-state index contributed by atoms with van der Waals surface area (Å²) >= 11 is 0. The number of hydrogen-bond donors (Lipinski definition) is 2. The first kappa shape index (κ1) is 18.5. The van der Waals surface area contributed by atoms with Crippen molar-refractivity contribution in [2.75, 3.05) is 31.6 Å². The number of piperidine rings is 1. The van der Waals surface area contributed by atoms with Crippen LogP contribution in [0.25, 0.3) is 21.9 Å². The van der Waals surface area contributed by atoms with E-state index in [1.165, 1.54) is 0 Å². The molecular weight excluding hydrogens is 364 g/mol. The number of aromatic amines is 1. The number of likely N-dealkylation sites (tertiary alicyclic amines) is 1. The van der Waals surface area contributed by atoms with Crippen molar-refractivity contribution < 1.29 is 13.6 Å². The minimum Gasteiger partial charge on any atom is -0.308 e. The molecule has 4 rings (SSSR count). The Bertz CT molecular complexity index is 968. The number of alkyl halides is 2. The minimum absolute atomic E-state index is 0.0526. The molecule has 1 fully saturated rings. The second kappa shape index (κ2) is 7.63. The third-order valence-corrected chi connectivity index (χ3v) is 5.25. The van der Waals surface area contributed by atoms with E-state index in [0.29, 0.717) is 18.9 Å². The molecule has 3 aromatic rings. The summed E-state index contributed by atoms with van der Waals surface area (Å²) in [4.78, 5) is 18.6. The summed E-state index contributed by atoms with van der Waals surface area (Å²) in [5.74, 6) is -0.379. The van der Waals surface area contributed by atoms with Crippen molar-refractivity contribution in [2.45, 2.75) is 18.5 Å². The largest absolute Gasteiger partial charge is 0.308 e. The number of anilines is 1. The zero-order chi connectivity index (χ0) is 19.6. The monoisotopic (exact) mass is 385 g/mol. The van der Waals surface area contributed by atoms with Crippen LogP contribution in [0.2, 0.25) is 0 Å². The van der Waals surface area contributed by atoms with Crippen molar-refractivity contribution in [3.63, 3.8) is 0 Å². The lowest BCUT2D eigenvalue weighted by molar-refractivity contribution is -0.130. The average Bonchev–Trinajstić information content (AvgIpc) is 3.24. The second-order valence-corrected chi connectivity index (χ2v) is 7.07. The molecule has 1 amide bonds. The number of halogens is 2. The number of amides is 1. The third-order valence-electron chi connectivity index (χ3n) is 5.25. The molecular formula is C20H21F2N5O. The van der Waals surface area contributed by atoms with E-state index in [9.17, 15) is 9.18 Å². The van der Waals surface area contributed by atoms with Gasteiger partial charge in [0.05, 0.1) is 6.20 Å². The highest BCUT2D eigenvalue weighted by molar-refractivity contribution is 5.98. The number of nitrogens with zero attached hydrogens (tertiary/aromatic N) is 3. The van der Waals surface area contributed by atoms with E-state index in [1.807, 2.05) is 23.1 Å². The van der Waals surface area contributed by atoms with Gasteiger partial charge in [-0.05, 0) is 23.1 Å². The van der Waals surface area contributed by atoms with E-state index in [-0.39, 0.29) is 19.4 Å². The van der Waals surface area contributed by atoms with Crippen LogP contribution in [0.3, 0.4) is 0 Å². The Balaban J connectivity index is 1.50. The molecule has 6 nitrogen and oxygen atoms in total. The Morgan fingerprint density at radius 1 is 1.18 bits per heavy atom. The molecule has 0 spiro atoms. The fraction of sp³-hybridized carbons (Fsp3) is 0.350. The molecule has 1 aromatic carbocycles. The van der Waals surface area contributed by atoms with E-state index in [2.05, 4.69) is 20.5 Å². The summed E-state index contributed by atoms with van der Waals surface area (Å²) in [6.07, 6.45) is 5.29. The van der Waals surface area contributed by atoms with Gasteiger partial charge < -0.3 is 10.2 Å². The molecule has 8 heteroatoms. The van der Waals surface area contributed by atoms with Crippen LogP contribution in [0, 0.1) is 0 Å². The normalized spacial score (nSPS) is 16.9. The first-order chi connectivity index (χ1) is 13.6. The minimum atomic E-state index is -1.96. The van der Waals surface area contributed by atoms with Gasteiger partial charge in [0.15, 0.2) is 5.67 Å². The molecule has 0 bridgehead atoms. The fourth-order valence-corrected chi connectivity index (χ4v) is 3.50. The van der Waals surface area contributed by atoms with Crippen LogP contribution in [0.15, 0.2) is 42.9 Å². The van der Waals surface area contributed by atoms with E-state index in [4.69, 9.17) is 0 Å². The van der Waals surface area contributed by atoms with Crippen molar-refractivity contribution in [2.24, 2.45) is 0 Å².